The van der Waals surface area contributed by atoms with Crippen LogP contribution in [0.1, 0.15) is 24.0 Å². The van der Waals surface area contributed by atoms with E-state index in [1.807, 2.05) is 54.6 Å². The number of hydrogen-bond donors (Lipinski definition) is 1. The molecule has 0 aromatic heterocycles. The van der Waals surface area contributed by atoms with Crippen molar-refractivity contribution in [3.05, 3.63) is 65.7 Å². The molecule has 0 radical (unpaired) electrons. The number of benzene rings is 2. The normalized spacial score (nSPS) is 13.8. The number of hydrogen-bond acceptors (Lipinski definition) is 4. The van der Waals surface area contributed by atoms with Gasteiger partial charge in [-0.1, -0.05) is 42.5 Å². The van der Waals surface area contributed by atoms with Crippen LogP contribution in [0.4, 0.5) is 0 Å². The topological polar surface area (TPSA) is 75.7 Å². The van der Waals surface area contributed by atoms with Crippen LogP contribution in [0.5, 0.6) is 5.75 Å². The molecule has 1 heterocycles. The Morgan fingerprint density at radius 3 is 2.23 bits per heavy atom. The van der Waals surface area contributed by atoms with Crippen molar-refractivity contribution in [1.82, 2.24) is 10.2 Å². The van der Waals surface area contributed by atoms with Crippen molar-refractivity contribution in [3.63, 3.8) is 0 Å². The summed E-state index contributed by atoms with van der Waals surface area (Å²) in [7, 11) is 0. The molecule has 3 amide bonds. The van der Waals surface area contributed by atoms with E-state index >= 15 is 0 Å². The number of carbonyl (C=O) groups is 3. The van der Waals surface area contributed by atoms with Crippen molar-refractivity contribution in [3.8, 4) is 5.75 Å². The Kier molecular flexibility index (Phi) is 5.63. The summed E-state index contributed by atoms with van der Waals surface area (Å²) in [4.78, 5) is 35.9. The molecule has 3 rings (SSSR count). The number of ether oxygens (including phenoxy) is 1. The highest BCUT2D eigenvalue weighted by Crippen LogP contribution is 2.14. The fourth-order valence-electron chi connectivity index (χ4n) is 2.64. The molecule has 134 valence electrons. The van der Waals surface area contributed by atoms with E-state index in [-0.39, 0.29) is 37.1 Å². The average Bonchev–Trinajstić information content (AvgIpc) is 2.98. The minimum atomic E-state index is -0.349. The summed E-state index contributed by atoms with van der Waals surface area (Å²) < 4.78 is 5.72. The Morgan fingerprint density at radius 1 is 0.923 bits per heavy atom. The van der Waals surface area contributed by atoms with Gasteiger partial charge in [0.2, 0.25) is 17.7 Å². The highest BCUT2D eigenvalue weighted by atomic mass is 16.5. The van der Waals surface area contributed by atoms with Crippen molar-refractivity contribution in [2.75, 3.05) is 6.54 Å². The largest absolute Gasteiger partial charge is 0.489 e. The number of likely N-dealkylation sites (tertiary alicyclic amines) is 1. The molecule has 26 heavy (non-hydrogen) atoms. The van der Waals surface area contributed by atoms with Gasteiger partial charge in [0.05, 0.1) is 0 Å². The van der Waals surface area contributed by atoms with Crippen LogP contribution in [0.15, 0.2) is 54.6 Å². The maximum Gasteiger partial charge on any atom is 0.240 e. The number of carbonyl (C=O) groups excluding carboxylic acids is 3. The second kappa shape index (κ2) is 8.29. The molecule has 0 unspecified atom stereocenters. The SMILES string of the molecule is O=C(CN1C(=O)CCC1=O)NCc1ccc(OCc2ccccc2)cc1. The monoisotopic (exact) mass is 352 g/mol. The number of rotatable bonds is 7. The average molecular weight is 352 g/mol. The predicted octanol–water partition coefficient (Wildman–Crippen LogP) is 2.03. The molecular weight excluding hydrogens is 332 g/mol. The smallest absolute Gasteiger partial charge is 0.240 e. The van der Waals surface area contributed by atoms with E-state index in [4.69, 9.17) is 4.74 Å². The van der Waals surface area contributed by atoms with Crippen LogP contribution in [-0.4, -0.2) is 29.2 Å². The zero-order chi connectivity index (χ0) is 18.4. The van der Waals surface area contributed by atoms with Crippen LogP contribution in [0, 0.1) is 0 Å². The quantitative estimate of drug-likeness (QED) is 0.774. The molecule has 2 aromatic rings. The second-order valence-corrected chi connectivity index (χ2v) is 6.07. The standard InChI is InChI=1S/C20H20N2O4/c23-18(13-22-19(24)10-11-20(22)25)21-12-15-6-8-17(9-7-15)26-14-16-4-2-1-3-5-16/h1-9H,10-14H2,(H,21,23). The van der Waals surface area contributed by atoms with Crippen LogP contribution < -0.4 is 10.1 Å². The van der Waals surface area contributed by atoms with Crippen molar-refractivity contribution < 1.29 is 19.1 Å². The van der Waals surface area contributed by atoms with Gasteiger partial charge in [0.25, 0.3) is 0 Å². The summed E-state index contributed by atoms with van der Waals surface area (Å²) >= 11 is 0. The molecule has 2 aromatic carbocycles. The Hall–Kier alpha value is -3.15. The van der Waals surface area contributed by atoms with Gasteiger partial charge in [0.1, 0.15) is 18.9 Å². The molecule has 1 aliphatic rings. The molecule has 0 atom stereocenters. The van der Waals surface area contributed by atoms with E-state index in [2.05, 4.69) is 5.32 Å². The third-order valence-corrected chi connectivity index (χ3v) is 4.12. The van der Waals surface area contributed by atoms with E-state index in [0.717, 1.165) is 21.8 Å². The lowest BCUT2D eigenvalue weighted by atomic mass is 10.2. The van der Waals surface area contributed by atoms with Crippen molar-refractivity contribution in [1.29, 1.82) is 0 Å². The summed E-state index contributed by atoms with van der Waals surface area (Å²) in [5, 5.41) is 2.72. The molecule has 0 saturated carbocycles. The van der Waals surface area contributed by atoms with Gasteiger partial charge in [-0.15, -0.1) is 0 Å². The van der Waals surface area contributed by atoms with Gasteiger partial charge in [0.15, 0.2) is 0 Å². The highest BCUT2D eigenvalue weighted by molar-refractivity contribution is 6.04. The summed E-state index contributed by atoms with van der Waals surface area (Å²) in [6.45, 7) is 0.610. The lowest BCUT2D eigenvalue weighted by Gasteiger charge is -2.13. The van der Waals surface area contributed by atoms with Crippen LogP contribution in [-0.2, 0) is 27.5 Å². The Labute approximate surface area is 151 Å². The van der Waals surface area contributed by atoms with E-state index < -0.39 is 0 Å². The molecule has 6 heteroatoms. The lowest BCUT2D eigenvalue weighted by Crippen LogP contribution is -2.39. The molecular formula is C20H20N2O4. The van der Waals surface area contributed by atoms with E-state index in [1.54, 1.807) is 0 Å². The first-order valence-corrected chi connectivity index (χ1v) is 8.47. The first-order valence-electron chi connectivity index (χ1n) is 8.47. The van der Waals surface area contributed by atoms with Crippen LogP contribution in [0.25, 0.3) is 0 Å². The molecule has 1 N–H and O–H groups in total. The third kappa shape index (κ3) is 4.69. The van der Waals surface area contributed by atoms with E-state index in [9.17, 15) is 14.4 Å². The molecule has 0 bridgehead atoms. The summed E-state index contributed by atoms with van der Waals surface area (Å²) in [5.41, 5.74) is 2.00. The second-order valence-electron chi connectivity index (χ2n) is 6.07. The fraction of sp³-hybridized carbons (Fsp3) is 0.250. The molecule has 0 aliphatic carbocycles. The van der Waals surface area contributed by atoms with E-state index in [1.165, 1.54) is 0 Å². The molecule has 6 nitrogen and oxygen atoms in total. The van der Waals surface area contributed by atoms with Gasteiger partial charge in [-0.3, -0.25) is 19.3 Å². The molecule has 1 fully saturated rings. The Balaban J connectivity index is 1.44. The maximum atomic E-state index is 11.9. The van der Waals surface area contributed by atoms with Crippen molar-refractivity contribution >= 4 is 17.7 Å². The van der Waals surface area contributed by atoms with E-state index in [0.29, 0.717) is 13.2 Å². The van der Waals surface area contributed by atoms with Crippen molar-refractivity contribution in [2.45, 2.75) is 26.0 Å². The summed E-state index contributed by atoms with van der Waals surface area (Å²) in [6, 6.07) is 17.3. The lowest BCUT2D eigenvalue weighted by molar-refractivity contribution is -0.142. The highest BCUT2D eigenvalue weighted by Gasteiger charge is 2.30. The Bertz CT molecular complexity index is 771. The Morgan fingerprint density at radius 2 is 1.58 bits per heavy atom. The first kappa shape index (κ1) is 17.7. The van der Waals surface area contributed by atoms with Gasteiger partial charge < -0.3 is 10.1 Å². The van der Waals surface area contributed by atoms with Crippen LogP contribution >= 0.6 is 0 Å². The molecule has 1 aliphatic heterocycles. The fourth-order valence-corrected chi connectivity index (χ4v) is 2.64. The van der Waals surface area contributed by atoms with Gasteiger partial charge in [-0.2, -0.15) is 0 Å². The third-order valence-electron chi connectivity index (χ3n) is 4.12. The van der Waals surface area contributed by atoms with Gasteiger partial charge in [0, 0.05) is 19.4 Å². The zero-order valence-electron chi connectivity index (χ0n) is 14.3. The predicted molar refractivity (Wildman–Crippen MR) is 95.0 cm³/mol. The molecule has 0 spiro atoms. The van der Waals surface area contributed by atoms with Crippen LogP contribution in [0.2, 0.25) is 0 Å². The zero-order valence-corrected chi connectivity index (χ0v) is 14.3. The van der Waals surface area contributed by atoms with Gasteiger partial charge in [-0.25, -0.2) is 0 Å². The summed E-state index contributed by atoms with van der Waals surface area (Å²) in [6.07, 6.45) is 0.382. The molecule has 1 saturated heterocycles. The maximum absolute atomic E-state index is 11.9. The number of nitrogens with zero attached hydrogens (tertiary/aromatic N) is 1. The first-order chi connectivity index (χ1) is 12.6. The van der Waals surface area contributed by atoms with Gasteiger partial charge in [-0.05, 0) is 23.3 Å². The minimum Gasteiger partial charge on any atom is -0.489 e. The summed E-state index contributed by atoms with van der Waals surface area (Å²) in [5.74, 6) is -0.176. The van der Waals surface area contributed by atoms with Crippen LogP contribution in [0.3, 0.4) is 0 Å². The van der Waals surface area contributed by atoms with Gasteiger partial charge >= 0.3 is 0 Å². The number of amides is 3. The number of nitrogens with one attached hydrogen (secondary N) is 1. The minimum absolute atomic E-state index is 0.191. The van der Waals surface area contributed by atoms with Crippen molar-refractivity contribution in [2.24, 2.45) is 0 Å². The number of imide groups is 1.